The first-order valence-corrected chi connectivity index (χ1v) is 13.8. The number of hydrogen-bond acceptors (Lipinski definition) is 6. The zero-order chi connectivity index (χ0) is 26.0. The predicted molar refractivity (Wildman–Crippen MR) is 143 cm³/mol. The van der Waals surface area contributed by atoms with Gasteiger partial charge in [-0.3, -0.25) is 9.59 Å². The normalized spacial score (nSPS) is 16.5. The molecule has 1 unspecified atom stereocenters. The monoisotopic (exact) mass is 516 g/mol. The van der Waals surface area contributed by atoms with E-state index in [9.17, 15) is 18.0 Å². The van der Waals surface area contributed by atoms with Crippen molar-refractivity contribution >= 4 is 38.2 Å². The fourth-order valence-electron chi connectivity index (χ4n) is 4.72. The highest BCUT2D eigenvalue weighted by molar-refractivity contribution is 7.89. The molecule has 1 aromatic heterocycles. The van der Waals surface area contributed by atoms with E-state index in [0.29, 0.717) is 41.2 Å². The van der Waals surface area contributed by atoms with Crippen molar-refractivity contribution in [3.63, 3.8) is 0 Å². The number of nitrogens with zero attached hydrogens (tertiary/aromatic N) is 1. The number of para-hydroxylation sites is 1. The maximum atomic E-state index is 13.2. The van der Waals surface area contributed by atoms with Gasteiger partial charge in [0.15, 0.2) is 11.5 Å². The molecule has 1 fully saturated rings. The molecule has 4 aromatic rings. The Hall–Kier alpha value is -3.75. The van der Waals surface area contributed by atoms with Crippen LogP contribution in [0.1, 0.15) is 46.2 Å². The van der Waals surface area contributed by atoms with Crippen molar-refractivity contribution in [3.05, 3.63) is 95.7 Å². The van der Waals surface area contributed by atoms with Gasteiger partial charge in [-0.05, 0) is 43.0 Å². The molecule has 0 spiro atoms. The number of nitrogens with one attached hydrogen (secondary N) is 1. The quantitative estimate of drug-likeness (QED) is 0.316. The molecule has 7 nitrogen and oxygen atoms in total. The Kier molecular flexibility index (Phi) is 6.95. The first kappa shape index (κ1) is 24.9. The first-order chi connectivity index (χ1) is 17.8. The summed E-state index contributed by atoms with van der Waals surface area (Å²) in [5, 5.41) is 3.77. The number of fused-ring (bicyclic) bond motifs is 1. The van der Waals surface area contributed by atoms with Crippen LogP contribution in [0.2, 0.25) is 0 Å². The van der Waals surface area contributed by atoms with Gasteiger partial charge < -0.3 is 9.73 Å². The summed E-state index contributed by atoms with van der Waals surface area (Å²) in [5.74, 6) is -0.172. The van der Waals surface area contributed by atoms with E-state index in [1.54, 1.807) is 42.5 Å². The van der Waals surface area contributed by atoms with E-state index < -0.39 is 10.0 Å². The summed E-state index contributed by atoms with van der Waals surface area (Å²) in [5.41, 5.74) is 1.72. The summed E-state index contributed by atoms with van der Waals surface area (Å²) in [4.78, 5) is 26.5. The lowest BCUT2D eigenvalue weighted by Crippen LogP contribution is -2.39. The fraction of sp³-hybridized carbons (Fsp3) is 0.241. The minimum Gasteiger partial charge on any atom is -0.450 e. The summed E-state index contributed by atoms with van der Waals surface area (Å²) in [6.45, 7) is 2.87. The number of ketones is 2. The van der Waals surface area contributed by atoms with Crippen LogP contribution in [0, 0.1) is 5.92 Å². The van der Waals surface area contributed by atoms with Crippen LogP contribution in [-0.4, -0.2) is 43.9 Å². The number of sulfonamides is 1. The lowest BCUT2D eigenvalue weighted by Gasteiger charge is -2.30. The SMILES string of the molecule is CC1CCCN(S(=O)(=O)c2cccc(C(=O)CNc3c(C(=O)c4ccccc4)oc4ccccc34)c2)C1. The van der Waals surface area contributed by atoms with Crippen molar-refractivity contribution < 1.29 is 22.4 Å². The van der Waals surface area contributed by atoms with Gasteiger partial charge in [0.1, 0.15) is 5.58 Å². The molecule has 0 saturated carbocycles. The number of carbonyl (C=O) groups excluding carboxylic acids is 2. The number of furan rings is 1. The van der Waals surface area contributed by atoms with Crippen molar-refractivity contribution in [2.45, 2.75) is 24.7 Å². The number of piperidine rings is 1. The predicted octanol–water partition coefficient (Wildman–Crippen LogP) is 5.38. The van der Waals surface area contributed by atoms with Crippen molar-refractivity contribution in [2.24, 2.45) is 5.92 Å². The van der Waals surface area contributed by atoms with Crippen molar-refractivity contribution in [1.82, 2.24) is 4.31 Å². The molecule has 1 saturated heterocycles. The third-order valence-corrected chi connectivity index (χ3v) is 8.54. The average Bonchev–Trinajstić information content (AvgIpc) is 3.30. The Morgan fingerprint density at radius 3 is 2.49 bits per heavy atom. The van der Waals surface area contributed by atoms with Crippen LogP contribution >= 0.6 is 0 Å². The molecular weight excluding hydrogens is 488 g/mol. The summed E-state index contributed by atoms with van der Waals surface area (Å²) < 4.78 is 33.8. The van der Waals surface area contributed by atoms with Gasteiger partial charge in [-0.15, -0.1) is 0 Å². The molecule has 0 radical (unpaired) electrons. The summed E-state index contributed by atoms with van der Waals surface area (Å²) in [6, 6.07) is 22.2. The molecule has 2 heterocycles. The van der Waals surface area contributed by atoms with Crippen LogP contribution in [0.15, 0.2) is 88.2 Å². The van der Waals surface area contributed by atoms with E-state index in [4.69, 9.17) is 4.42 Å². The number of benzene rings is 3. The Morgan fingerprint density at radius 1 is 0.973 bits per heavy atom. The number of rotatable bonds is 8. The van der Waals surface area contributed by atoms with Gasteiger partial charge in [0, 0.05) is 29.6 Å². The highest BCUT2D eigenvalue weighted by Gasteiger charge is 2.29. The topological polar surface area (TPSA) is 96.7 Å². The number of carbonyl (C=O) groups is 2. The minimum absolute atomic E-state index is 0.112. The van der Waals surface area contributed by atoms with E-state index in [2.05, 4.69) is 5.32 Å². The smallest absolute Gasteiger partial charge is 0.243 e. The zero-order valence-corrected chi connectivity index (χ0v) is 21.3. The molecular formula is C29H28N2O5S. The molecule has 8 heteroatoms. The van der Waals surface area contributed by atoms with E-state index >= 15 is 0 Å². The Balaban J connectivity index is 1.39. The standard InChI is InChI=1S/C29H28N2O5S/c1-20-9-8-16-31(19-20)37(34,35)23-13-7-12-22(17-23)25(32)18-30-27-24-14-5-6-15-26(24)36-29(27)28(33)21-10-3-2-4-11-21/h2-7,10-15,17,20,30H,8-9,16,18-19H2,1H3. The molecule has 3 aromatic carbocycles. The Labute approximate surface area is 216 Å². The molecule has 1 N–H and O–H groups in total. The molecule has 5 rings (SSSR count). The second kappa shape index (κ2) is 10.3. The van der Waals surface area contributed by atoms with Gasteiger partial charge in [-0.25, -0.2) is 8.42 Å². The van der Waals surface area contributed by atoms with E-state index in [0.717, 1.165) is 12.8 Å². The van der Waals surface area contributed by atoms with Gasteiger partial charge in [0.2, 0.25) is 15.8 Å². The molecule has 37 heavy (non-hydrogen) atoms. The van der Waals surface area contributed by atoms with Crippen LogP contribution < -0.4 is 5.32 Å². The molecule has 1 aliphatic heterocycles. The van der Waals surface area contributed by atoms with Crippen molar-refractivity contribution in [2.75, 3.05) is 25.0 Å². The Bertz CT molecular complexity index is 1560. The summed E-state index contributed by atoms with van der Waals surface area (Å²) in [6.07, 6.45) is 1.83. The van der Waals surface area contributed by atoms with E-state index in [1.807, 2.05) is 31.2 Å². The van der Waals surface area contributed by atoms with Crippen LogP contribution in [-0.2, 0) is 10.0 Å². The van der Waals surface area contributed by atoms with Crippen molar-refractivity contribution in [3.8, 4) is 0 Å². The molecule has 0 bridgehead atoms. The van der Waals surface area contributed by atoms with E-state index in [1.165, 1.54) is 16.4 Å². The maximum absolute atomic E-state index is 13.2. The van der Waals surface area contributed by atoms with Crippen molar-refractivity contribution in [1.29, 1.82) is 0 Å². The minimum atomic E-state index is -3.69. The molecule has 0 amide bonds. The number of Topliss-reactive ketones (excluding diaryl/α,β-unsaturated/α-hetero) is 1. The lowest BCUT2D eigenvalue weighted by molar-refractivity contribution is 0.0997. The Morgan fingerprint density at radius 2 is 1.70 bits per heavy atom. The van der Waals surface area contributed by atoms with Gasteiger partial charge in [0.05, 0.1) is 17.1 Å². The second-order valence-electron chi connectivity index (χ2n) is 9.41. The second-order valence-corrected chi connectivity index (χ2v) is 11.4. The number of hydrogen-bond donors (Lipinski definition) is 1. The molecule has 190 valence electrons. The van der Waals surface area contributed by atoms with Gasteiger partial charge in [0.25, 0.3) is 0 Å². The first-order valence-electron chi connectivity index (χ1n) is 12.3. The summed E-state index contributed by atoms with van der Waals surface area (Å²) >= 11 is 0. The third kappa shape index (κ3) is 5.08. The van der Waals surface area contributed by atoms with Crippen LogP contribution in [0.5, 0.6) is 0 Å². The maximum Gasteiger partial charge on any atom is 0.243 e. The third-order valence-electron chi connectivity index (χ3n) is 6.68. The highest BCUT2D eigenvalue weighted by atomic mass is 32.2. The van der Waals surface area contributed by atoms with Gasteiger partial charge >= 0.3 is 0 Å². The van der Waals surface area contributed by atoms with Gasteiger partial charge in [-0.2, -0.15) is 4.31 Å². The zero-order valence-electron chi connectivity index (χ0n) is 20.5. The molecule has 0 aliphatic carbocycles. The lowest BCUT2D eigenvalue weighted by atomic mass is 10.0. The highest BCUT2D eigenvalue weighted by Crippen LogP contribution is 2.32. The average molecular weight is 517 g/mol. The van der Waals surface area contributed by atoms with Crippen LogP contribution in [0.25, 0.3) is 11.0 Å². The van der Waals surface area contributed by atoms with E-state index in [-0.39, 0.29) is 34.3 Å². The fourth-order valence-corrected chi connectivity index (χ4v) is 6.36. The summed E-state index contributed by atoms with van der Waals surface area (Å²) in [7, 11) is -3.69. The van der Waals surface area contributed by atoms with Crippen LogP contribution in [0.3, 0.4) is 0 Å². The van der Waals surface area contributed by atoms with Gasteiger partial charge in [-0.1, -0.05) is 61.5 Å². The largest absolute Gasteiger partial charge is 0.450 e. The molecule has 1 atom stereocenters. The molecule has 1 aliphatic rings. The number of anilines is 1. The van der Waals surface area contributed by atoms with Crippen LogP contribution in [0.4, 0.5) is 5.69 Å².